The Morgan fingerprint density at radius 2 is 1.83 bits per heavy atom. The van der Waals surface area contributed by atoms with Crippen LogP contribution in [0.2, 0.25) is 0 Å². The maximum absolute atomic E-state index is 13.4. The van der Waals surface area contributed by atoms with Crippen LogP contribution in [0.5, 0.6) is 0 Å². The van der Waals surface area contributed by atoms with E-state index >= 15 is 0 Å². The van der Waals surface area contributed by atoms with Crippen LogP contribution < -0.4 is 5.32 Å². The Balaban J connectivity index is 1.97. The minimum absolute atomic E-state index is 0.0478. The van der Waals surface area contributed by atoms with Gasteiger partial charge in [-0.1, -0.05) is 38.1 Å². The van der Waals surface area contributed by atoms with Crippen LogP contribution in [0.15, 0.2) is 48.5 Å². The summed E-state index contributed by atoms with van der Waals surface area (Å²) in [6.45, 7) is 4.32. The SMILES string of the molecule is CC(C)Cc1ccc(C=CC(=O)Nc2ccc(F)cc2F)cc1. The number of anilines is 1. The van der Waals surface area contributed by atoms with Gasteiger partial charge in [-0.05, 0) is 41.7 Å². The Kier molecular flexibility index (Phi) is 5.63. The Labute approximate surface area is 134 Å². The van der Waals surface area contributed by atoms with E-state index in [1.54, 1.807) is 6.08 Å². The second-order valence-corrected chi connectivity index (χ2v) is 5.79. The fourth-order valence-corrected chi connectivity index (χ4v) is 2.17. The van der Waals surface area contributed by atoms with E-state index in [0.29, 0.717) is 5.92 Å². The molecule has 120 valence electrons. The first-order valence-corrected chi connectivity index (χ1v) is 7.47. The molecule has 0 aliphatic carbocycles. The summed E-state index contributed by atoms with van der Waals surface area (Å²) in [7, 11) is 0. The quantitative estimate of drug-likeness (QED) is 0.788. The summed E-state index contributed by atoms with van der Waals surface area (Å²) in [4.78, 5) is 11.8. The number of nitrogens with one attached hydrogen (secondary N) is 1. The van der Waals surface area contributed by atoms with Gasteiger partial charge in [0.1, 0.15) is 11.6 Å². The third-order valence-electron chi connectivity index (χ3n) is 3.24. The highest BCUT2D eigenvalue weighted by Gasteiger charge is 2.05. The molecule has 2 aromatic carbocycles. The van der Waals surface area contributed by atoms with Gasteiger partial charge >= 0.3 is 0 Å². The topological polar surface area (TPSA) is 29.1 Å². The average molecular weight is 315 g/mol. The smallest absolute Gasteiger partial charge is 0.248 e. The molecule has 2 rings (SSSR count). The van der Waals surface area contributed by atoms with Gasteiger partial charge in [0.2, 0.25) is 5.91 Å². The number of carbonyl (C=O) groups is 1. The van der Waals surface area contributed by atoms with Crippen LogP contribution in [0.4, 0.5) is 14.5 Å². The lowest BCUT2D eigenvalue weighted by atomic mass is 10.0. The number of halogens is 2. The van der Waals surface area contributed by atoms with E-state index in [1.807, 2.05) is 24.3 Å². The van der Waals surface area contributed by atoms with Gasteiger partial charge in [-0.3, -0.25) is 4.79 Å². The maximum atomic E-state index is 13.4. The van der Waals surface area contributed by atoms with Crippen molar-refractivity contribution in [3.63, 3.8) is 0 Å². The van der Waals surface area contributed by atoms with Gasteiger partial charge in [0.05, 0.1) is 5.69 Å². The molecule has 1 amide bonds. The van der Waals surface area contributed by atoms with Crippen molar-refractivity contribution in [3.8, 4) is 0 Å². The number of benzene rings is 2. The summed E-state index contributed by atoms with van der Waals surface area (Å²) < 4.78 is 26.2. The largest absolute Gasteiger partial charge is 0.320 e. The molecule has 4 heteroatoms. The monoisotopic (exact) mass is 315 g/mol. The van der Waals surface area contributed by atoms with Crippen LogP contribution in [0.1, 0.15) is 25.0 Å². The Morgan fingerprint density at radius 1 is 1.13 bits per heavy atom. The third-order valence-corrected chi connectivity index (χ3v) is 3.24. The molecule has 0 unspecified atom stereocenters. The molecule has 0 fully saturated rings. The lowest BCUT2D eigenvalue weighted by Gasteiger charge is -2.05. The normalized spacial score (nSPS) is 11.2. The number of hydrogen-bond donors (Lipinski definition) is 1. The molecule has 2 aromatic rings. The van der Waals surface area contributed by atoms with Crippen LogP contribution in [-0.4, -0.2) is 5.91 Å². The number of hydrogen-bond acceptors (Lipinski definition) is 1. The van der Waals surface area contributed by atoms with Crippen molar-refractivity contribution in [3.05, 3.63) is 71.3 Å². The summed E-state index contributed by atoms with van der Waals surface area (Å²) in [6.07, 6.45) is 3.98. The summed E-state index contributed by atoms with van der Waals surface area (Å²) >= 11 is 0. The second kappa shape index (κ2) is 7.68. The highest BCUT2D eigenvalue weighted by Crippen LogP contribution is 2.15. The summed E-state index contributed by atoms with van der Waals surface area (Å²) in [5, 5.41) is 2.38. The number of carbonyl (C=O) groups excluding carboxylic acids is 1. The Morgan fingerprint density at radius 3 is 2.43 bits per heavy atom. The molecular weight excluding hydrogens is 296 g/mol. The van der Waals surface area contributed by atoms with Crippen molar-refractivity contribution < 1.29 is 13.6 Å². The molecule has 0 radical (unpaired) electrons. The zero-order chi connectivity index (χ0) is 16.8. The highest BCUT2D eigenvalue weighted by atomic mass is 19.1. The molecule has 0 saturated carbocycles. The Hall–Kier alpha value is -2.49. The lowest BCUT2D eigenvalue weighted by molar-refractivity contribution is -0.111. The molecule has 0 aliphatic heterocycles. The average Bonchev–Trinajstić information content (AvgIpc) is 2.49. The van der Waals surface area contributed by atoms with Gasteiger partial charge in [0.15, 0.2) is 0 Å². The van der Waals surface area contributed by atoms with Crippen molar-refractivity contribution in [2.75, 3.05) is 5.32 Å². The first-order valence-electron chi connectivity index (χ1n) is 7.47. The summed E-state index contributed by atoms with van der Waals surface area (Å²) in [5.74, 6) is -1.36. The third kappa shape index (κ3) is 5.33. The van der Waals surface area contributed by atoms with E-state index in [1.165, 1.54) is 17.7 Å². The van der Waals surface area contributed by atoms with Crippen molar-refractivity contribution in [2.24, 2.45) is 5.92 Å². The molecule has 0 heterocycles. The van der Waals surface area contributed by atoms with Gasteiger partial charge in [0.25, 0.3) is 0 Å². The van der Waals surface area contributed by atoms with Crippen molar-refractivity contribution in [2.45, 2.75) is 20.3 Å². The van der Waals surface area contributed by atoms with Crippen LogP contribution >= 0.6 is 0 Å². The second-order valence-electron chi connectivity index (χ2n) is 5.79. The molecule has 0 spiro atoms. The van der Waals surface area contributed by atoms with E-state index in [9.17, 15) is 13.6 Å². The first kappa shape index (κ1) is 16.9. The van der Waals surface area contributed by atoms with E-state index in [2.05, 4.69) is 19.2 Å². The van der Waals surface area contributed by atoms with Crippen LogP contribution in [0, 0.1) is 17.6 Å². The molecule has 0 bridgehead atoms. The molecule has 0 atom stereocenters. The molecule has 23 heavy (non-hydrogen) atoms. The van der Waals surface area contributed by atoms with Gasteiger partial charge in [-0.2, -0.15) is 0 Å². The van der Waals surface area contributed by atoms with E-state index in [-0.39, 0.29) is 5.69 Å². The number of rotatable bonds is 5. The fraction of sp³-hybridized carbons (Fsp3) is 0.211. The zero-order valence-electron chi connectivity index (χ0n) is 13.1. The molecule has 1 N–H and O–H groups in total. The minimum atomic E-state index is -0.801. The minimum Gasteiger partial charge on any atom is -0.320 e. The van der Waals surface area contributed by atoms with E-state index < -0.39 is 17.5 Å². The van der Waals surface area contributed by atoms with Gasteiger partial charge < -0.3 is 5.32 Å². The summed E-state index contributed by atoms with van der Waals surface area (Å²) in [6, 6.07) is 10.9. The maximum Gasteiger partial charge on any atom is 0.248 e. The predicted octanol–water partition coefficient (Wildman–Crippen LogP) is 4.82. The van der Waals surface area contributed by atoms with Crippen molar-refractivity contribution in [1.82, 2.24) is 0 Å². The zero-order valence-corrected chi connectivity index (χ0v) is 13.1. The molecular formula is C19H19F2NO. The van der Waals surface area contributed by atoms with E-state index in [4.69, 9.17) is 0 Å². The lowest BCUT2D eigenvalue weighted by Crippen LogP contribution is -2.09. The molecule has 0 aliphatic rings. The standard InChI is InChI=1S/C19H19F2NO/c1-13(2)11-15-5-3-14(4-6-15)7-10-19(23)22-18-9-8-16(20)12-17(18)21/h3-10,12-13H,11H2,1-2H3,(H,22,23). The molecule has 0 saturated heterocycles. The first-order chi connectivity index (χ1) is 10.9. The van der Waals surface area contributed by atoms with Gasteiger partial charge in [-0.15, -0.1) is 0 Å². The van der Waals surface area contributed by atoms with Crippen LogP contribution in [0.25, 0.3) is 6.08 Å². The van der Waals surface area contributed by atoms with Crippen molar-refractivity contribution in [1.29, 1.82) is 0 Å². The van der Waals surface area contributed by atoms with E-state index in [0.717, 1.165) is 24.1 Å². The summed E-state index contributed by atoms with van der Waals surface area (Å²) in [5.41, 5.74) is 2.08. The highest BCUT2D eigenvalue weighted by molar-refractivity contribution is 6.01. The molecule has 0 aromatic heterocycles. The fourth-order valence-electron chi connectivity index (χ4n) is 2.17. The van der Waals surface area contributed by atoms with Gasteiger partial charge in [-0.25, -0.2) is 8.78 Å². The Bertz CT molecular complexity index is 706. The molecule has 2 nitrogen and oxygen atoms in total. The van der Waals surface area contributed by atoms with Gasteiger partial charge in [0, 0.05) is 12.1 Å². The van der Waals surface area contributed by atoms with Crippen molar-refractivity contribution >= 4 is 17.7 Å². The van der Waals surface area contributed by atoms with Crippen LogP contribution in [-0.2, 0) is 11.2 Å². The van der Waals surface area contributed by atoms with Crippen LogP contribution in [0.3, 0.4) is 0 Å². The predicted molar refractivity (Wildman–Crippen MR) is 89.0 cm³/mol. The number of amides is 1.